The first-order valence-corrected chi connectivity index (χ1v) is 10.4. The second kappa shape index (κ2) is 10.3. The number of nitrogens with two attached hydrogens (primary N) is 2. The summed E-state index contributed by atoms with van der Waals surface area (Å²) in [5, 5.41) is 16.4. The van der Waals surface area contributed by atoms with E-state index in [1.54, 1.807) is 16.8 Å². The molecule has 0 unspecified atom stereocenters. The maximum absolute atomic E-state index is 12.7. The molecule has 1 aliphatic heterocycles. The van der Waals surface area contributed by atoms with Gasteiger partial charge in [0.15, 0.2) is 0 Å². The number of carboxylic acids is 1. The molecule has 2 amide bonds. The first-order valence-electron chi connectivity index (χ1n) is 10.4. The summed E-state index contributed by atoms with van der Waals surface area (Å²) in [4.78, 5) is 35.0. The summed E-state index contributed by atoms with van der Waals surface area (Å²) in [6.45, 7) is 3.60. The lowest BCUT2D eigenvalue weighted by Gasteiger charge is -2.19. The van der Waals surface area contributed by atoms with Crippen LogP contribution in [0.1, 0.15) is 27.1 Å². The number of fused-ring (bicyclic) bond motifs is 1. The van der Waals surface area contributed by atoms with Crippen LogP contribution < -0.4 is 16.2 Å². The fourth-order valence-electron chi connectivity index (χ4n) is 3.45. The number of aromatic nitrogens is 2. The number of quaternary nitrogens is 1. The predicted molar refractivity (Wildman–Crippen MR) is 113 cm³/mol. The lowest BCUT2D eigenvalue weighted by atomic mass is 10.1. The van der Waals surface area contributed by atoms with Gasteiger partial charge in [-0.2, -0.15) is 18.3 Å². The van der Waals surface area contributed by atoms with Crippen LogP contribution in [0.3, 0.4) is 0 Å². The van der Waals surface area contributed by atoms with E-state index in [2.05, 4.69) is 10.4 Å². The van der Waals surface area contributed by atoms with Gasteiger partial charge in [0.05, 0.1) is 30.9 Å². The van der Waals surface area contributed by atoms with Crippen molar-refractivity contribution in [1.29, 1.82) is 0 Å². The van der Waals surface area contributed by atoms with E-state index < -0.39 is 18.1 Å². The van der Waals surface area contributed by atoms with Gasteiger partial charge in [-0.05, 0) is 30.3 Å². The van der Waals surface area contributed by atoms with E-state index in [0.29, 0.717) is 16.6 Å². The zero-order chi connectivity index (χ0) is 24.9. The maximum atomic E-state index is 12.7. The fourth-order valence-corrected chi connectivity index (χ4v) is 3.45. The molecular formula is C22H22F3N5O4. The molecule has 180 valence electrons. The van der Waals surface area contributed by atoms with Gasteiger partial charge < -0.3 is 25.9 Å². The van der Waals surface area contributed by atoms with Crippen molar-refractivity contribution in [1.82, 2.24) is 14.7 Å². The number of hydrogen-bond donors (Lipinski definition) is 2. The van der Waals surface area contributed by atoms with E-state index in [1.165, 1.54) is 0 Å². The summed E-state index contributed by atoms with van der Waals surface area (Å²) in [5.41, 5.74) is 7.90. The Morgan fingerprint density at radius 1 is 1.03 bits per heavy atom. The van der Waals surface area contributed by atoms with Crippen LogP contribution in [0.2, 0.25) is 0 Å². The molecule has 0 radical (unpaired) electrons. The Bertz CT molecular complexity index is 1180. The number of nitrogens with zero attached hydrogens (tertiary/aromatic N) is 3. The molecular weight excluding hydrogens is 455 g/mol. The summed E-state index contributed by atoms with van der Waals surface area (Å²) < 4.78 is 33.2. The summed E-state index contributed by atoms with van der Waals surface area (Å²) in [7, 11) is 0. The number of aliphatic carboxylic acids is 1. The van der Waals surface area contributed by atoms with Crippen LogP contribution in [0.25, 0.3) is 16.6 Å². The van der Waals surface area contributed by atoms with Crippen molar-refractivity contribution in [2.24, 2.45) is 5.73 Å². The Morgan fingerprint density at radius 3 is 2.32 bits per heavy atom. The van der Waals surface area contributed by atoms with Crippen molar-refractivity contribution in [3.8, 4) is 5.69 Å². The number of alkyl halides is 3. The van der Waals surface area contributed by atoms with Gasteiger partial charge in [0, 0.05) is 30.1 Å². The number of carboxylic acid groups (broad SMARTS) is 1. The van der Waals surface area contributed by atoms with Gasteiger partial charge in [0.25, 0.3) is 11.8 Å². The van der Waals surface area contributed by atoms with E-state index >= 15 is 0 Å². The molecule has 1 aromatic heterocycles. The summed E-state index contributed by atoms with van der Waals surface area (Å²) in [6.07, 6.45) is -2.32. The molecule has 0 saturated carbocycles. The highest BCUT2D eigenvalue weighted by molar-refractivity contribution is 6.04. The molecule has 0 aliphatic carbocycles. The summed E-state index contributed by atoms with van der Waals surface area (Å²) >= 11 is 0. The second-order valence-electron chi connectivity index (χ2n) is 7.53. The standard InChI is InChI=1S/C20H21N5O2.C2HF3O2/c21-19(26)17-4-1-3-15-13-25(23-18(15)17)16-7-5-14(6-8-16)20(27)24-11-2-9-22-10-12-24;3-2(4,5)1(6)7/h1,3-8,13,22H,2,9-12H2,(H2,21,26);(H,6,7). The van der Waals surface area contributed by atoms with Crippen molar-refractivity contribution in [2.75, 3.05) is 26.2 Å². The van der Waals surface area contributed by atoms with Gasteiger partial charge in [-0.3, -0.25) is 9.59 Å². The molecule has 9 nitrogen and oxygen atoms in total. The molecule has 4 N–H and O–H groups in total. The first-order chi connectivity index (χ1) is 16.1. The van der Waals surface area contributed by atoms with Crippen molar-refractivity contribution < 1.29 is 38.0 Å². The van der Waals surface area contributed by atoms with Crippen LogP contribution in [0.15, 0.2) is 48.7 Å². The maximum Gasteiger partial charge on any atom is 0.430 e. The monoisotopic (exact) mass is 477 g/mol. The molecule has 0 spiro atoms. The molecule has 1 saturated heterocycles. The first kappa shape index (κ1) is 24.7. The third-order valence-electron chi connectivity index (χ3n) is 5.14. The van der Waals surface area contributed by atoms with Gasteiger partial charge in [-0.25, -0.2) is 4.68 Å². The van der Waals surface area contributed by atoms with Crippen molar-refractivity contribution in [3.05, 3.63) is 59.8 Å². The smallest absolute Gasteiger partial charge is 0.430 e. The van der Waals surface area contributed by atoms with Gasteiger partial charge in [0.2, 0.25) is 0 Å². The van der Waals surface area contributed by atoms with E-state index in [9.17, 15) is 22.8 Å². The SMILES string of the molecule is NC(=O)c1cccc2cn(-c3ccc(C(=O)N4CCC[NH2+]CC4)cc3)nc12.O=C([O-])C(F)(F)F. The van der Waals surface area contributed by atoms with E-state index in [-0.39, 0.29) is 5.91 Å². The molecule has 12 heteroatoms. The Balaban J connectivity index is 0.000000406. The summed E-state index contributed by atoms with van der Waals surface area (Å²) in [6, 6.07) is 12.7. The minimum atomic E-state index is -5.19. The van der Waals surface area contributed by atoms with Gasteiger partial charge in [-0.1, -0.05) is 12.1 Å². The molecule has 2 aromatic carbocycles. The normalized spacial score (nSPS) is 14.1. The topological polar surface area (TPSA) is 138 Å². The van der Waals surface area contributed by atoms with Crippen LogP contribution in [0, 0.1) is 0 Å². The van der Waals surface area contributed by atoms with Crippen molar-refractivity contribution in [2.45, 2.75) is 12.6 Å². The van der Waals surface area contributed by atoms with Crippen LogP contribution in [-0.4, -0.2) is 64.8 Å². The Hall–Kier alpha value is -3.93. The second-order valence-corrected chi connectivity index (χ2v) is 7.53. The lowest BCUT2D eigenvalue weighted by molar-refractivity contribution is -0.651. The van der Waals surface area contributed by atoms with E-state index in [1.807, 2.05) is 41.4 Å². The van der Waals surface area contributed by atoms with E-state index in [0.717, 1.165) is 43.7 Å². The Labute approximate surface area is 191 Å². The fraction of sp³-hybridized carbons (Fsp3) is 0.273. The van der Waals surface area contributed by atoms with Crippen molar-refractivity contribution in [3.63, 3.8) is 0 Å². The molecule has 0 atom stereocenters. The molecule has 3 aromatic rings. The molecule has 4 rings (SSSR count). The third-order valence-corrected chi connectivity index (χ3v) is 5.14. The van der Waals surface area contributed by atoms with Gasteiger partial charge >= 0.3 is 6.18 Å². The number of amides is 2. The van der Waals surface area contributed by atoms with Gasteiger partial charge in [-0.15, -0.1) is 0 Å². The third kappa shape index (κ3) is 5.90. The number of rotatable bonds is 3. The minimum Gasteiger partial charge on any atom is -0.542 e. The highest BCUT2D eigenvalue weighted by Gasteiger charge is 2.28. The molecule has 1 fully saturated rings. The lowest BCUT2D eigenvalue weighted by Crippen LogP contribution is -2.84. The number of carbonyl (C=O) groups excluding carboxylic acids is 3. The molecule has 2 heterocycles. The van der Waals surface area contributed by atoms with Crippen LogP contribution >= 0.6 is 0 Å². The van der Waals surface area contributed by atoms with E-state index in [4.69, 9.17) is 15.6 Å². The largest absolute Gasteiger partial charge is 0.542 e. The zero-order valence-electron chi connectivity index (χ0n) is 17.9. The Morgan fingerprint density at radius 2 is 1.71 bits per heavy atom. The van der Waals surface area contributed by atoms with Crippen LogP contribution in [0.5, 0.6) is 0 Å². The zero-order valence-corrected chi connectivity index (χ0v) is 17.9. The molecule has 0 bridgehead atoms. The van der Waals surface area contributed by atoms with Crippen LogP contribution in [0.4, 0.5) is 13.2 Å². The predicted octanol–water partition coefficient (Wildman–Crippen LogP) is -0.168. The average Bonchev–Trinajstić information content (AvgIpc) is 3.05. The quantitative estimate of drug-likeness (QED) is 0.540. The molecule has 34 heavy (non-hydrogen) atoms. The number of benzene rings is 2. The minimum absolute atomic E-state index is 0.0680. The highest BCUT2D eigenvalue weighted by atomic mass is 19.4. The average molecular weight is 477 g/mol. The summed E-state index contributed by atoms with van der Waals surface area (Å²) in [5.74, 6) is -3.44. The highest BCUT2D eigenvalue weighted by Crippen LogP contribution is 2.20. The number of hydrogen-bond acceptors (Lipinski definition) is 5. The van der Waals surface area contributed by atoms with Crippen LogP contribution in [-0.2, 0) is 4.79 Å². The molecule has 1 aliphatic rings. The number of primary amides is 1. The number of halogens is 3. The van der Waals surface area contributed by atoms with Gasteiger partial charge in [0.1, 0.15) is 11.5 Å². The van der Waals surface area contributed by atoms with Crippen molar-refractivity contribution >= 4 is 28.7 Å². The number of carbonyl (C=O) groups is 3. The Kier molecular flexibility index (Phi) is 7.51.